The van der Waals surface area contributed by atoms with Crippen LogP contribution in [-0.4, -0.2) is 32.2 Å². The summed E-state index contributed by atoms with van der Waals surface area (Å²) in [6, 6.07) is 14.2. The van der Waals surface area contributed by atoms with Crippen LogP contribution < -0.4 is 15.5 Å². The lowest BCUT2D eigenvalue weighted by Gasteiger charge is -2.25. The Morgan fingerprint density at radius 1 is 1.10 bits per heavy atom. The van der Waals surface area contributed by atoms with Crippen LogP contribution in [0.2, 0.25) is 0 Å². The molecule has 0 spiro atoms. The van der Waals surface area contributed by atoms with Crippen LogP contribution in [-0.2, 0) is 22.4 Å². The number of rotatable bonds is 5. The number of anilines is 2. The lowest BCUT2D eigenvalue weighted by atomic mass is 9.88. The van der Waals surface area contributed by atoms with Crippen LogP contribution in [0.1, 0.15) is 42.0 Å². The Bertz CT molecular complexity index is 916. The Hall–Kier alpha value is -2.57. The highest BCUT2D eigenvalue weighted by molar-refractivity contribution is 6.06. The number of esters is 1. The average molecular weight is 430 g/mol. The summed E-state index contributed by atoms with van der Waals surface area (Å²) < 4.78 is 4.68. The van der Waals surface area contributed by atoms with Crippen molar-refractivity contribution in [2.75, 3.05) is 30.0 Å². The summed E-state index contributed by atoms with van der Waals surface area (Å²) in [7, 11) is 1.40. The Balaban J connectivity index is 0.00000256. The van der Waals surface area contributed by atoms with E-state index in [2.05, 4.69) is 16.9 Å². The number of halogens is 1. The smallest absolute Gasteiger partial charge is 0.329 e. The normalized spacial score (nSPS) is 18.1. The number of hydrogen-bond donors (Lipinski definition) is 1. The minimum atomic E-state index is -0.217. The second-order valence-electron chi connectivity index (χ2n) is 7.71. The molecule has 1 aliphatic carbocycles. The first-order chi connectivity index (χ1) is 14.1. The third kappa shape index (κ3) is 4.45. The third-order valence-corrected chi connectivity index (χ3v) is 5.90. The number of amides is 2. The molecule has 0 aromatic heterocycles. The number of benzene rings is 2. The molecule has 160 valence electrons. The number of fused-ring (bicyclic) bond motifs is 1. The second-order valence-corrected chi connectivity index (χ2v) is 7.71. The minimum Gasteiger partial charge on any atom is -0.469 e. The van der Waals surface area contributed by atoms with Gasteiger partial charge >= 0.3 is 12.0 Å². The number of aryl methyl sites for hydroxylation is 2. The summed E-state index contributed by atoms with van der Waals surface area (Å²) in [5, 5.41) is 0. The summed E-state index contributed by atoms with van der Waals surface area (Å²) in [6.45, 7) is 1.31. The van der Waals surface area contributed by atoms with Crippen molar-refractivity contribution in [1.82, 2.24) is 0 Å². The third-order valence-electron chi connectivity index (χ3n) is 5.90. The number of urea groups is 1. The topological polar surface area (TPSA) is 75.9 Å². The van der Waals surface area contributed by atoms with E-state index in [4.69, 9.17) is 5.73 Å². The van der Waals surface area contributed by atoms with Gasteiger partial charge in [-0.2, -0.15) is 0 Å². The van der Waals surface area contributed by atoms with Crippen molar-refractivity contribution < 1.29 is 14.3 Å². The van der Waals surface area contributed by atoms with Gasteiger partial charge < -0.3 is 10.5 Å². The average Bonchev–Trinajstić information content (AvgIpc) is 3.13. The number of nitrogens with zero attached hydrogens (tertiary/aromatic N) is 2. The fraction of sp³-hybridized carbons (Fsp3) is 0.391. The molecular weight excluding hydrogens is 402 g/mol. The van der Waals surface area contributed by atoms with Gasteiger partial charge in [0.05, 0.1) is 7.11 Å². The van der Waals surface area contributed by atoms with Crippen LogP contribution in [0.25, 0.3) is 0 Å². The van der Waals surface area contributed by atoms with E-state index in [-0.39, 0.29) is 30.4 Å². The van der Waals surface area contributed by atoms with Crippen molar-refractivity contribution >= 4 is 35.8 Å². The fourth-order valence-electron chi connectivity index (χ4n) is 4.21. The van der Waals surface area contributed by atoms with E-state index in [0.717, 1.165) is 36.2 Å². The largest absolute Gasteiger partial charge is 0.469 e. The zero-order valence-corrected chi connectivity index (χ0v) is 18.0. The Morgan fingerprint density at radius 3 is 2.47 bits per heavy atom. The van der Waals surface area contributed by atoms with Crippen LogP contribution in [0, 0.1) is 0 Å². The van der Waals surface area contributed by atoms with Crippen molar-refractivity contribution in [2.24, 2.45) is 5.73 Å². The highest BCUT2D eigenvalue weighted by atomic mass is 35.5. The number of carbonyl (C=O) groups is 2. The maximum atomic E-state index is 13.0. The molecule has 0 saturated carbocycles. The summed E-state index contributed by atoms with van der Waals surface area (Å²) in [5.74, 6) is -0.217. The van der Waals surface area contributed by atoms with Gasteiger partial charge in [0.1, 0.15) is 0 Å². The van der Waals surface area contributed by atoms with Gasteiger partial charge in [0.15, 0.2) is 0 Å². The molecule has 0 radical (unpaired) electrons. The van der Waals surface area contributed by atoms with Gasteiger partial charge in [-0.15, -0.1) is 12.4 Å². The quantitative estimate of drug-likeness (QED) is 0.729. The molecular formula is C23H28ClN3O3. The van der Waals surface area contributed by atoms with E-state index >= 15 is 0 Å². The molecule has 6 nitrogen and oxygen atoms in total. The molecule has 30 heavy (non-hydrogen) atoms. The van der Waals surface area contributed by atoms with E-state index in [1.54, 1.807) is 4.90 Å². The number of carbonyl (C=O) groups excluding carboxylic acids is 2. The molecule has 1 saturated heterocycles. The summed E-state index contributed by atoms with van der Waals surface area (Å²) in [6.07, 6.45) is 4.13. The molecule has 2 amide bonds. The molecule has 1 atom stereocenters. The van der Waals surface area contributed by atoms with Crippen LogP contribution in [0.4, 0.5) is 16.2 Å². The Kier molecular flexibility index (Phi) is 7.00. The summed E-state index contributed by atoms with van der Waals surface area (Å²) in [5.41, 5.74) is 11.6. The molecule has 2 aromatic rings. The van der Waals surface area contributed by atoms with Crippen molar-refractivity contribution in [3.8, 4) is 0 Å². The highest BCUT2D eigenvalue weighted by Crippen LogP contribution is 2.33. The van der Waals surface area contributed by atoms with Gasteiger partial charge in [-0.05, 0) is 66.6 Å². The number of nitrogens with two attached hydrogens (primary N) is 1. The molecule has 2 N–H and O–H groups in total. The number of hydrogen-bond acceptors (Lipinski definition) is 4. The van der Waals surface area contributed by atoms with Crippen molar-refractivity contribution in [2.45, 2.75) is 38.1 Å². The molecule has 2 aliphatic rings. The van der Waals surface area contributed by atoms with Crippen molar-refractivity contribution in [3.63, 3.8) is 0 Å². The van der Waals surface area contributed by atoms with Crippen LogP contribution >= 0.6 is 12.4 Å². The molecule has 1 aliphatic heterocycles. The van der Waals surface area contributed by atoms with Crippen LogP contribution in [0.3, 0.4) is 0 Å². The number of ether oxygens (including phenoxy) is 1. The molecule has 2 aromatic carbocycles. The predicted molar refractivity (Wildman–Crippen MR) is 120 cm³/mol. The maximum absolute atomic E-state index is 13.0. The van der Waals surface area contributed by atoms with Gasteiger partial charge in [0.2, 0.25) is 0 Å². The monoisotopic (exact) mass is 429 g/mol. The van der Waals surface area contributed by atoms with Crippen molar-refractivity contribution in [3.05, 3.63) is 59.2 Å². The number of methoxy groups -OCH3 is 1. The second kappa shape index (κ2) is 9.49. The molecule has 1 heterocycles. The van der Waals surface area contributed by atoms with E-state index < -0.39 is 0 Å². The molecule has 4 rings (SSSR count). The fourth-order valence-corrected chi connectivity index (χ4v) is 4.21. The molecule has 1 unspecified atom stereocenters. The van der Waals surface area contributed by atoms with E-state index in [9.17, 15) is 9.59 Å². The zero-order valence-electron chi connectivity index (χ0n) is 17.2. The van der Waals surface area contributed by atoms with Crippen LogP contribution in [0.15, 0.2) is 42.5 Å². The predicted octanol–water partition coefficient (Wildman–Crippen LogP) is 4.00. The standard InChI is InChI=1S/C23H27N3O3.ClH/c1-29-22(27)12-7-16-5-8-18(9-6-16)25-13-14-26(23(25)28)19-10-11-20-17(15-19)3-2-4-21(20)24;/h5-6,8-11,15,21H,2-4,7,12-14,24H2,1H3;1H. The molecule has 7 heteroatoms. The summed E-state index contributed by atoms with van der Waals surface area (Å²) >= 11 is 0. The molecule has 0 bridgehead atoms. The Labute approximate surface area is 183 Å². The Morgan fingerprint density at radius 2 is 1.77 bits per heavy atom. The lowest BCUT2D eigenvalue weighted by Crippen LogP contribution is -2.32. The van der Waals surface area contributed by atoms with Gasteiger partial charge in [-0.3, -0.25) is 14.6 Å². The van der Waals surface area contributed by atoms with E-state index in [1.165, 1.54) is 18.2 Å². The summed E-state index contributed by atoms with van der Waals surface area (Å²) in [4.78, 5) is 28.0. The van der Waals surface area contributed by atoms with Gasteiger partial charge in [-0.1, -0.05) is 18.2 Å². The lowest BCUT2D eigenvalue weighted by molar-refractivity contribution is -0.140. The van der Waals surface area contributed by atoms with Gasteiger partial charge in [-0.25, -0.2) is 4.79 Å². The van der Waals surface area contributed by atoms with Gasteiger partial charge in [0.25, 0.3) is 0 Å². The van der Waals surface area contributed by atoms with E-state index in [0.29, 0.717) is 25.9 Å². The van der Waals surface area contributed by atoms with E-state index in [1.807, 2.05) is 35.2 Å². The minimum absolute atomic E-state index is 0. The highest BCUT2D eigenvalue weighted by Gasteiger charge is 2.31. The van der Waals surface area contributed by atoms with Crippen molar-refractivity contribution in [1.29, 1.82) is 0 Å². The molecule has 1 fully saturated rings. The first-order valence-corrected chi connectivity index (χ1v) is 10.2. The SMILES string of the molecule is COC(=O)CCc1ccc(N2CCN(c3ccc4c(c3)CCCC4N)C2=O)cc1.Cl. The van der Waals surface area contributed by atoms with Crippen LogP contribution in [0.5, 0.6) is 0 Å². The van der Waals surface area contributed by atoms with Gasteiger partial charge in [0, 0.05) is 36.9 Å². The zero-order chi connectivity index (χ0) is 20.4. The maximum Gasteiger partial charge on any atom is 0.329 e. The first kappa shape index (κ1) is 22.1. The first-order valence-electron chi connectivity index (χ1n) is 10.2.